The maximum atomic E-state index is 4.11. The van der Waals surface area contributed by atoms with Crippen molar-refractivity contribution in [2.75, 3.05) is 24.5 Å². The van der Waals surface area contributed by atoms with Gasteiger partial charge in [0, 0.05) is 37.7 Å². The van der Waals surface area contributed by atoms with Crippen LogP contribution >= 0.6 is 0 Å². The van der Waals surface area contributed by atoms with E-state index >= 15 is 0 Å². The Bertz CT molecular complexity index is 964. The highest BCUT2D eigenvalue weighted by Gasteiger charge is 2.23. The number of nitrogens with zero attached hydrogens (tertiary/aromatic N) is 2. The summed E-state index contributed by atoms with van der Waals surface area (Å²) < 4.78 is 0. The van der Waals surface area contributed by atoms with Crippen molar-refractivity contribution in [2.45, 2.75) is 39.2 Å². The van der Waals surface area contributed by atoms with E-state index in [-0.39, 0.29) is 5.41 Å². The average molecular weight is 401 g/mol. The topological polar surface area (TPSA) is 40.2 Å². The first-order valence-electron chi connectivity index (χ1n) is 10.8. The zero-order valence-electron chi connectivity index (χ0n) is 18.3. The second-order valence-electron chi connectivity index (χ2n) is 8.96. The summed E-state index contributed by atoms with van der Waals surface area (Å²) in [5.41, 5.74) is 6.84. The van der Waals surface area contributed by atoms with Crippen LogP contribution in [0.4, 0.5) is 5.69 Å². The van der Waals surface area contributed by atoms with Gasteiger partial charge in [-0.2, -0.15) is 0 Å². The van der Waals surface area contributed by atoms with Gasteiger partial charge in [-0.3, -0.25) is 4.98 Å². The molecule has 2 aliphatic rings. The minimum atomic E-state index is 0.111. The molecule has 0 saturated carbocycles. The number of allylic oxidation sites excluding steroid dienone is 2. The van der Waals surface area contributed by atoms with E-state index in [1.54, 1.807) is 0 Å². The minimum Gasteiger partial charge on any atom is -0.367 e. The summed E-state index contributed by atoms with van der Waals surface area (Å²) in [4.78, 5) is 6.47. The number of nitrogens with one attached hydrogen (secondary N) is 2. The van der Waals surface area contributed by atoms with Crippen molar-refractivity contribution in [3.63, 3.8) is 0 Å². The van der Waals surface area contributed by atoms with E-state index in [0.717, 1.165) is 38.4 Å². The third-order valence-corrected chi connectivity index (χ3v) is 5.72. The molecule has 4 nitrogen and oxygen atoms in total. The van der Waals surface area contributed by atoms with Gasteiger partial charge < -0.3 is 15.5 Å². The van der Waals surface area contributed by atoms with Gasteiger partial charge in [-0.25, -0.2) is 0 Å². The normalized spacial score (nSPS) is 16.8. The van der Waals surface area contributed by atoms with Crippen LogP contribution in [0.2, 0.25) is 0 Å². The Morgan fingerprint density at radius 1 is 1.13 bits per heavy atom. The van der Waals surface area contributed by atoms with E-state index in [2.05, 4.69) is 95.9 Å². The van der Waals surface area contributed by atoms with Crippen molar-refractivity contribution in [3.05, 3.63) is 89.5 Å². The Kier molecular flexibility index (Phi) is 6.05. The maximum Gasteiger partial charge on any atom is 0.106 e. The van der Waals surface area contributed by atoms with Gasteiger partial charge in [0.1, 0.15) is 5.82 Å². The number of benzene rings is 1. The number of rotatable bonds is 5. The molecule has 156 valence electrons. The number of hydrogen-bond donors (Lipinski definition) is 2. The van der Waals surface area contributed by atoms with Crippen LogP contribution in [-0.4, -0.2) is 24.6 Å². The van der Waals surface area contributed by atoms with Crippen molar-refractivity contribution in [2.24, 2.45) is 0 Å². The van der Waals surface area contributed by atoms with Gasteiger partial charge in [0.25, 0.3) is 0 Å². The van der Waals surface area contributed by atoms with Crippen LogP contribution in [0, 0.1) is 0 Å². The lowest BCUT2D eigenvalue weighted by Gasteiger charge is -2.32. The van der Waals surface area contributed by atoms with Crippen molar-refractivity contribution in [1.29, 1.82) is 0 Å². The smallest absolute Gasteiger partial charge is 0.106 e. The van der Waals surface area contributed by atoms with E-state index in [1.165, 1.54) is 28.0 Å². The highest BCUT2D eigenvalue weighted by molar-refractivity contribution is 5.74. The lowest BCUT2D eigenvalue weighted by atomic mass is 9.80. The van der Waals surface area contributed by atoms with Gasteiger partial charge in [0.15, 0.2) is 0 Å². The van der Waals surface area contributed by atoms with Gasteiger partial charge in [0.2, 0.25) is 0 Å². The molecular weight excluding hydrogens is 368 g/mol. The number of anilines is 1. The predicted molar refractivity (Wildman–Crippen MR) is 126 cm³/mol. The van der Waals surface area contributed by atoms with Crippen molar-refractivity contribution >= 4 is 11.3 Å². The van der Waals surface area contributed by atoms with Crippen molar-refractivity contribution < 1.29 is 0 Å². The van der Waals surface area contributed by atoms with Gasteiger partial charge in [-0.1, -0.05) is 45.1 Å². The first kappa shape index (κ1) is 20.4. The first-order chi connectivity index (χ1) is 14.5. The van der Waals surface area contributed by atoms with E-state index in [9.17, 15) is 0 Å². The number of aromatic nitrogens is 1. The molecular formula is C26H32N4. The van der Waals surface area contributed by atoms with Gasteiger partial charge >= 0.3 is 0 Å². The average Bonchev–Trinajstić information content (AvgIpc) is 2.78. The summed E-state index contributed by atoms with van der Waals surface area (Å²) in [6.45, 7) is 10.6. The molecule has 2 aliphatic heterocycles. The van der Waals surface area contributed by atoms with Crippen LogP contribution in [0.1, 0.15) is 43.9 Å². The van der Waals surface area contributed by atoms with Crippen LogP contribution in [0.15, 0.2) is 72.9 Å². The molecule has 1 aromatic carbocycles. The Labute approximate surface area is 180 Å². The van der Waals surface area contributed by atoms with Crippen LogP contribution in [0.25, 0.3) is 5.57 Å². The molecule has 0 unspecified atom stereocenters. The Morgan fingerprint density at radius 3 is 2.70 bits per heavy atom. The van der Waals surface area contributed by atoms with Crippen LogP contribution in [0.3, 0.4) is 0 Å². The SMILES string of the molecule is CC(C)(C)c1ccc(N2CC=CC=C2NCc2ccncc2)cc1C1=CCNCC1. The molecule has 4 rings (SSSR count). The lowest BCUT2D eigenvalue weighted by molar-refractivity contribution is 0.587. The fourth-order valence-corrected chi connectivity index (χ4v) is 4.09. The van der Waals surface area contributed by atoms with Gasteiger partial charge in [-0.15, -0.1) is 0 Å². The monoisotopic (exact) mass is 400 g/mol. The molecule has 0 aliphatic carbocycles. The highest BCUT2D eigenvalue weighted by atomic mass is 15.2. The van der Waals surface area contributed by atoms with E-state index in [0.29, 0.717) is 0 Å². The molecule has 0 bridgehead atoms. The predicted octanol–water partition coefficient (Wildman–Crippen LogP) is 4.76. The molecule has 2 aromatic rings. The Hall–Kier alpha value is -2.85. The summed E-state index contributed by atoms with van der Waals surface area (Å²) in [6.07, 6.45) is 13.6. The van der Waals surface area contributed by atoms with Gasteiger partial charge in [-0.05, 0) is 71.0 Å². The van der Waals surface area contributed by atoms with E-state index in [1.807, 2.05) is 12.4 Å². The molecule has 30 heavy (non-hydrogen) atoms. The summed E-state index contributed by atoms with van der Waals surface area (Å²) >= 11 is 0. The van der Waals surface area contributed by atoms with Crippen molar-refractivity contribution in [1.82, 2.24) is 15.6 Å². The summed E-state index contributed by atoms with van der Waals surface area (Å²) in [7, 11) is 0. The fourth-order valence-electron chi connectivity index (χ4n) is 4.09. The quantitative estimate of drug-likeness (QED) is 0.759. The Balaban J connectivity index is 1.64. The molecule has 0 atom stereocenters. The second kappa shape index (κ2) is 8.88. The molecule has 0 saturated heterocycles. The largest absolute Gasteiger partial charge is 0.367 e. The molecule has 0 radical (unpaired) electrons. The minimum absolute atomic E-state index is 0.111. The fraction of sp³-hybridized carbons (Fsp3) is 0.346. The molecule has 0 spiro atoms. The zero-order chi connectivity index (χ0) is 21.0. The Morgan fingerprint density at radius 2 is 1.97 bits per heavy atom. The van der Waals surface area contributed by atoms with Crippen LogP contribution < -0.4 is 15.5 Å². The maximum absolute atomic E-state index is 4.11. The van der Waals surface area contributed by atoms with Gasteiger partial charge in [0.05, 0.1) is 0 Å². The van der Waals surface area contributed by atoms with E-state index in [4.69, 9.17) is 0 Å². The molecule has 1 aromatic heterocycles. The summed E-state index contributed by atoms with van der Waals surface area (Å²) in [6, 6.07) is 11.1. The summed E-state index contributed by atoms with van der Waals surface area (Å²) in [5, 5.41) is 7.05. The molecule has 0 amide bonds. The van der Waals surface area contributed by atoms with Crippen LogP contribution in [0.5, 0.6) is 0 Å². The standard InChI is InChI=1S/C26H32N4/c1-26(2,3)24-8-7-22(18-23(24)21-11-15-28-16-12-21)30-17-5-4-6-25(30)29-19-20-9-13-27-14-10-20/h4-11,13-14,18,28-29H,12,15-17,19H2,1-3H3. The van der Waals surface area contributed by atoms with E-state index < -0.39 is 0 Å². The summed E-state index contributed by atoms with van der Waals surface area (Å²) in [5.74, 6) is 1.13. The number of hydrogen-bond acceptors (Lipinski definition) is 4. The first-order valence-corrected chi connectivity index (χ1v) is 10.8. The number of pyridine rings is 1. The molecule has 4 heteroatoms. The second-order valence-corrected chi connectivity index (χ2v) is 8.96. The van der Waals surface area contributed by atoms with Crippen molar-refractivity contribution in [3.8, 4) is 0 Å². The molecule has 2 N–H and O–H groups in total. The third kappa shape index (κ3) is 4.65. The molecule has 3 heterocycles. The van der Waals surface area contributed by atoms with Crippen LogP contribution in [-0.2, 0) is 12.0 Å². The lowest BCUT2D eigenvalue weighted by Crippen LogP contribution is -2.33. The highest BCUT2D eigenvalue weighted by Crippen LogP contribution is 2.36. The zero-order valence-corrected chi connectivity index (χ0v) is 18.3. The molecule has 0 fully saturated rings. The third-order valence-electron chi connectivity index (χ3n) is 5.72.